The third-order valence-corrected chi connectivity index (χ3v) is 3.28. The topological polar surface area (TPSA) is 94.3 Å². The predicted octanol–water partition coefficient (Wildman–Crippen LogP) is 1.07. The van der Waals surface area contributed by atoms with Gasteiger partial charge in [-0.2, -0.15) is 4.98 Å². The van der Waals surface area contributed by atoms with E-state index >= 15 is 0 Å². The Hall–Kier alpha value is -3.03. The molecular weight excluding hydrogens is 296 g/mol. The normalized spacial score (nSPS) is 10.7. The highest BCUT2D eigenvalue weighted by atomic mass is 16.5. The Kier molecular flexibility index (Phi) is 3.88. The van der Waals surface area contributed by atoms with Gasteiger partial charge in [-0.3, -0.25) is 4.79 Å². The molecule has 118 valence electrons. The van der Waals surface area contributed by atoms with Crippen LogP contribution in [0.25, 0.3) is 5.78 Å². The van der Waals surface area contributed by atoms with Crippen molar-refractivity contribution >= 4 is 11.7 Å². The van der Waals surface area contributed by atoms with Gasteiger partial charge in [-0.15, -0.1) is 5.10 Å². The molecule has 8 nitrogen and oxygen atoms in total. The molecule has 0 aromatic carbocycles. The Morgan fingerprint density at radius 3 is 2.91 bits per heavy atom. The summed E-state index contributed by atoms with van der Waals surface area (Å²) in [5.41, 5.74) is 2.58. The number of methoxy groups -OCH3 is 1. The molecular formula is C15H16N6O2. The number of nitrogens with zero attached hydrogens (tertiary/aromatic N) is 5. The maximum Gasteiger partial charge on any atom is 0.291 e. The number of carbonyl (C=O) groups is 1. The fourth-order valence-electron chi connectivity index (χ4n) is 2.20. The number of hydrogen-bond acceptors (Lipinski definition) is 6. The number of amides is 1. The van der Waals surface area contributed by atoms with Crippen LogP contribution in [0.5, 0.6) is 5.88 Å². The highest BCUT2D eigenvalue weighted by molar-refractivity contribution is 5.90. The Balaban J connectivity index is 1.76. The minimum absolute atomic E-state index is 0.0900. The Labute approximate surface area is 132 Å². The first-order valence-corrected chi connectivity index (χ1v) is 7.05. The van der Waals surface area contributed by atoms with Gasteiger partial charge in [0.05, 0.1) is 7.11 Å². The monoisotopic (exact) mass is 312 g/mol. The zero-order chi connectivity index (χ0) is 16.4. The highest BCUT2D eigenvalue weighted by Gasteiger charge is 2.14. The van der Waals surface area contributed by atoms with E-state index in [1.807, 2.05) is 19.9 Å². The molecule has 8 heteroatoms. The van der Waals surface area contributed by atoms with E-state index in [2.05, 4.69) is 25.4 Å². The van der Waals surface area contributed by atoms with Crippen LogP contribution < -0.4 is 10.1 Å². The summed E-state index contributed by atoms with van der Waals surface area (Å²) in [6, 6.07) is 5.44. The summed E-state index contributed by atoms with van der Waals surface area (Å²) in [4.78, 5) is 24.7. The van der Waals surface area contributed by atoms with Gasteiger partial charge in [0, 0.05) is 30.2 Å². The Bertz CT molecular complexity index is 874. The second-order valence-electron chi connectivity index (χ2n) is 5.08. The number of carbonyl (C=O) groups excluding carboxylic acids is 1. The lowest BCUT2D eigenvalue weighted by molar-refractivity contribution is 0.0940. The number of nitrogens with one attached hydrogen (secondary N) is 1. The third kappa shape index (κ3) is 3.10. The number of fused-ring (bicyclic) bond motifs is 1. The lowest BCUT2D eigenvalue weighted by Gasteiger charge is -2.04. The fourth-order valence-corrected chi connectivity index (χ4v) is 2.20. The number of pyridine rings is 1. The lowest BCUT2D eigenvalue weighted by Crippen LogP contribution is -2.24. The zero-order valence-electron chi connectivity index (χ0n) is 13.1. The smallest absolute Gasteiger partial charge is 0.291 e. The maximum atomic E-state index is 12.2. The molecule has 0 saturated carbocycles. The van der Waals surface area contributed by atoms with Gasteiger partial charge in [-0.1, -0.05) is 0 Å². The first-order valence-electron chi connectivity index (χ1n) is 7.05. The quantitative estimate of drug-likeness (QED) is 0.774. The van der Waals surface area contributed by atoms with Crippen LogP contribution in [-0.4, -0.2) is 37.6 Å². The summed E-state index contributed by atoms with van der Waals surface area (Å²) in [7, 11) is 1.54. The van der Waals surface area contributed by atoms with Crippen LogP contribution in [0.4, 0.5) is 0 Å². The van der Waals surface area contributed by atoms with E-state index in [0.717, 1.165) is 17.0 Å². The van der Waals surface area contributed by atoms with Crippen molar-refractivity contribution in [1.82, 2.24) is 29.9 Å². The summed E-state index contributed by atoms with van der Waals surface area (Å²) < 4.78 is 6.60. The molecule has 1 N–H and O–H groups in total. The van der Waals surface area contributed by atoms with E-state index in [1.165, 1.54) is 0 Å². The van der Waals surface area contributed by atoms with Gasteiger partial charge in [0.2, 0.25) is 11.7 Å². The second kappa shape index (κ2) is 5.99. The van der Waals surface area contributed by atoms with Crippen molar-refractivity contribution in [3.05, 3.63) is 47.2 Å². The molecule has 3 aromatic rings. The summed E-state index contributed by atoms with van der Waals surface area (Å²) in [5.74, 6) is 0.645. The van der Waals surface area contributed by atoms with Crippen LogP contribution in [0.15, 0.2) is 24.4 Å². The van der Waals surface area contributed by atoms with E-state index in [4.69, 9.17) is 4.74 Å². The van der Waals surface area contributed by atoms with E-state index < -0.39 is 0 Å². The molecule has 0 fully saturated rings. The van der Waals surface area contributed by atoms with Crippen molar-refractivity contribution in [3.8, 4) is 5.88 Å². The molecule has 0 unspecified atom stereocenters. The SMILES string of the molecule is COc1cc(CNC(=O)c2nc3nc(C)cc(C)n3n2)ccn1. The first kappa shape index (κ1) is 14.9. The maximum absolute atomic E-state index is 12.2. The minimum atomic E-state index is -0.358. The molecule has 3 rings (SSSR count). The summed E-state index contributed by atoms with van der Waals surface area (Å²) >= 11 is 0. The van der Waals surface area contributed by atoms with Gasteiger partial charge in [-0.25, -0.2) is 14.5 Å². The van der Waals surface area contributed by atoms with Crippen molar-refractivity contribution in [2.75, 3.05) is 7.11 Å². The average molecular weight is 312 g/mol. The number of aromatic nitrogens is 5. The van der Waals surface area contributed by atoms with Crippen LogP contribution in [0.3, 0.4) is 0 Å². The van der Waals surface area contributed by atoms with Crippen LogP contribution >= 0.6 is 0 Å². The summed E-state index contributed by atoms with van der Waals surface area (Å²) in [6.07, 6.45) is 1.62. The molecule has 0 aliphatic rings. The highest BCUT2D eigenvalue weighted by Crippen LogP contribution is 2.09. The Morgan fingerprint density at radius 1 is 1.30 bits per heavy atom. The number of ether oxygens (including phenoxy) is 1. The second-order valence-corrected chi connectivity index (χ2v) is 5.08. The molecule has 0 atom stereocenters. The molecule has 23 heavy (non-hydrogen) atoms. The standard InChI is InChI=1S/C15H16N6O2/c1-9-6-10(2)21-15(18-9)19-13(20-21)14(22)17-8-11-4-5-16-12(7-11)23-3/h4-7H,8H2,1-3H3,(H,17,22). The molecule has 3 heterocycles. The Morgan fingerprint density at radius 2 is 2.13 bits per heavy atom. The van der Waals surface area contributed by atoms with Crippen LogP contribution in [0.2, 0.25) is 0 Å². The van der Waals surface area contributed by atoms with E-state index in [0.29, 0.717) is 18.2 Å². The van der Waals surface area contributed by atoms with Crippen LogP contribution in [0.1, 0.15) is 27.6 Å². The van der Waals surface area contributed by atoms with Gasteiger partial charge in [-0.05, 0) is 31.5 Å². The first-order chi connectivity index (χ1) is 11.1. The number of rotatable bonds is 4. The lowest BCUT2D eigenvalue weighted by atomic mass is 10.2. The third-order valence-electron chi connectivity index (χ3n) is 3.28. The molecule has 0 bridgehead atoms. The van der Waals surface area contributed by atoms with Crippen LogP contribution in [0, 0.1) is 13.8 Å². The van der Waals surface area contributed by atoms with Gasteiger partial charge < -0.3 is 10.1 Å². The zero-order valence-corrected chi connectivity index (χ0v) is 13.1. The van der Waals surface area contributed by atoms with Gasteiger partial charge >= 0.3 is 0 Å². The summed E-state index contributed by atoms with van der Waals surface area (Å²) in [6.45, 7) is 4.10. The van der Waals surface area contributed by atoms with Gasteiger partial charge in [0.1, 0.15) is 0 Å². The van der Waals surface area contributed by atoms with Crippen molar-refractivity contribution in [2.45, 2.75) is 20.4 Å². The molecule has 0 radical (unpaired) electrons. The van der Waals surface area contributed by atoms with Gasteiger partial charge in [0.15, 0.2) is 0 Å². The minimum Gasteiger partial charge on any atom is -0.481 e. The molecule has 0 aliphatic carbocycles. The van der Waals surface area contributed by atoms with Crippen molar-refractivity contribution in [3.63, 3.8) is 0 Å². The largest absolute Gasteiger partial charge is 0.481 e. The van der Waals surface area contributed by atoms with E-state index in [1.54, 1.807) is 30.0 Å². The predicted molar refractivity (Wildman–Crippen MR) is 82.2 cm³/mol. The fraction of sp³-hybridized carbons (Fsp3) is 0.267. The van der Waals surface area contributed by atoms with E-state index in [-0.39, 0.29) is 11.7 Å². The molecule has 0 aliphatic heterocycles. The molecule has 0 spiro atoms. The van der Waals surface area contributed by atoms with Gasteiger partial charge in [0.25, 0.3) is 11.7 Å². The van der Waals surface area contributed by atoms with Crippen LogP contribution in [-0.2, 0) is 6.54 Å². The number of hydrogen-bond donors (Lipinski definition) is 1. The van der Waals surface area contributed by atoms with Crippen molar-refractivity contribution < 1.29 is 9.53 Å². The van der Waals surface area contributed by atoms with E-state index in [9.17, 15) is 4.79 Å². The van der Waals surface area contributed by atoms with Crippen molar-refractivity contribution in [1.29, 1.82) is 0 Å². The molecule has 3 aromatic heterocycles. The molecule has 1 amide bonds. The average Bonchev–Trinajstić information content (AvgIpc) is 2.97. The summed E-state index contributed by atoms with van der Waals surface area (Å²) in [5, 5.41) is 6.97. The molecule has 0 saturated heterocycles. The number of aryl methyl sites for hydroxylation is 2. The van der Waals surface area contributed by atoms with Crippen molar-refractivity contribution in [2.24, 2.45) is 0 Å².